The van der Waals surface area contributed by atoms with E-state index in [4.69, 9.17) is 11.6 Å². The number of rotatable bonds is 5. The van der Waals surface area contributed by atoms with Crippen LogP contribution in [0.2, 0.25) is 5.02 Å². The quantitative estimate of drug-likeness (QED) is 0.637. The lowest BCUT2D eigenvalue weighted by Crippen LogP contribution is -2.26. The van der Waals surface area contributed by atoms with Crippen molar-refractivity contribution in [3.8, 4) is 0 Å². The molecular weight excluding hydrogens is 393 g/mol. The van der Waals surface area contributed by atoms with Gasteiger partial charge in [-0.05, 0) is 42.0 Å². The molecule has 0 spiro atoms. The molecule has 2 heterocycles. The Balaban J connectivity index is 1.83. The fourth-order valence-corrected chi connectivity index (χ4v) is 2.62. The molecule has 0 aliphatic heterocycles. The highest BCUT2D eigenvalue weighted by molar-refractivity contribution is 6.30. The predicted octanol–water partition coefficient (Wildman–Crippen LogP) is 4.82. The molecule has 0 radical (unpaired) electrons. The molecule has 0 unspecified atom stereocenters. The van der Waals surface area contributed by atoms with Crippen molar-refractivity contribution in [3.05, 3.63) is 82.8 Å². The van der Waals surface area contributed by atoms with Crippen LogP contribution in [0.15, 0.2) is 61.1 Å². The van der Waals surface area contributed by atoms with Crippen molar-refractivity contribution >= 4 is 29.0 Å². The second-order valence-electron chi connectivity index (χ2n) is 5.79. The summed E-state index contributed by atoms with van der Waals surface area (Å²) in [6.45, 7) is 0.0706. The summed E-state index contributed by atoms with van der Waals surface area (Å²) in [4.78, 5) is 20.1. The Morgan fingerprint density at radius 3 is 2.54 bits per heavy atom. The summed E-state index contributed by atoms with van der Waals surface area (Å²) in [6, 6.07) is 10.6. The molecule has 1 aromatic carbocycles. The smallest absolute Gasteiger partial charge is 0.348 e. The Hall–Kier alpha value is -3.13. The molecule has 0 aliphatic rings. The fourth-order valence-electron chi connectivity index (χ4n) is 2.43. The molecule has 28 heavy (non-hydrogen) atoms. The highest BCUT2D eigenvalue weighted by Crippen LogP contribution is 2.33. The van der Waals surface area contributed by atoms with Crippen molar-refractivity contribution in [1.29, 1.82) is 0 Å². The molecule has 9 heteroatoms. The number of anilines is 2. The number of aromatic nitrogens is 2. The number of nitrogens with zero attached hydrogens (tertiary/aromatic N) is 2. The molecule has 3 aromatic rings. The first-order chi connectivity index (χ1) is 13.3. The Morgan fingerprint density at radius 1 is 1.11 bits per heavy atom. The van der Waals surface area contributed by atoms with E-state index in [0.717, 1.165) is 12.3 Å². The first-order valence-corrected chi connectivity index (χ1v) is 8.47. The highest BCUT2D eigenvalue weighted by Gasteiger charge is 2.36. The van der Waals surface area contributed by atoms with Gasteiger partial charge >= 0.3 is 6.18 Å². The lowest BCUT2D eigenvalue weighted by atomic mass is 10.1. The van der Waals surface area contributed by atoms with Crippen molar-refractivity contribution in [2.45, 2.75) is 12.7 Å². The number of pyridine rings is 2. The molecule has 2 N–H and O–H groups in total. The predicted molar refractivity (Wildman–Crippen MR) is 99.4 cm³/mol. The summed E-state index contributed by atoms with van der Waals surface area (Å²) in [5, 5.41) is 5.63. The molecule has 5 nitrogen and oxygen atoms in total. The lowest BCUT2D eigenvalue weighted by molar-refractivity contribution is -0.137. The van der Waals surface area contributed by atoms with Gasteiger partial charge in [-0.25, -0.2) is 4.98 Å². The Labute approximate surface area is 163 Å². The van der Waals surface area contributed by atoms with E-state index < -0.39 is 23.2 Å². The van der Waals surface area contributed by atoms with Gasteiger partial charge in [0.15, 0.2) is 0 Å². The number of halogens is 4. The number of benzene rings is 1. The maximum absolute atomic E-state index is 13.5. The summed E-state index contributed by atoms with van der Waals surface area (Å²) < 4.78 is 40.5. The monoisotopic (exact) mass is 406 g/mol. The van der Waals surface area contributed by atoms with E-state index in [9.17, 15) is 18.0 Å². The van der Waals surface area contributed by atoms with Crippen LogP contribution in [0.25, 0.3) is 0 Å². The third kappa shape index (κ3) is 4.98. The molecule has 0 saturated heterocycles. The summed E-state index contributed by atoms with van der Waals surface area (Å²) in [6.07, 6.45) is -0.768. The van der Waals surface area contributed by atoms with Crippen LogP contribution >= 0.6 is 11.6 Å². The topological polar surface area (TPSA) is 66.9 Å². The van der Waals surface area contributed by atoms with Gasteiger partial charge in [0.2, 0.25) is 0 Å². The summed E-state index contributed by atoms with van der Waals surface area (Å²) in [7, 11) is 0. The van der Waals surface area contributed by atoms with Gasteiger partial charge in [-0.2, -0.15) is 13.2 Å². The SMILES string of the molecule is O=C(NCc1ccncc1)c1cnc(Nc2cccc(Cl)c2)cc1C(F)(F)F. The standard InChI is InChI=1S/C19H14ClF3N4O/c20-13-2-1-3-14(8-13)27-17-9-16(19(21,22)23)15(11-25-17)18(28)26-10-12-4-6-24-7-5-12/h1-9,11H,10H2,(H,25,27)(H,26,28). The van der Waals surface area contributed by atoms with E-state index in [1.54, 1.807) is 36.4 Å². The van der Waals surface area contributed by atoms with Crippen molar-refractivity contribution in [1.82, 2.24) is 15.3 Å². The largest absolute Gasteiger partial charge is 0.417 e. The molecule has 0 fully saturated rings. The zero-order valence-electron chi connectivity index (χ0n) is 14.3. The minimum atomic E-state index is -4.73. The van der Waals surface area contributed by atoms with Crippen LogP contribution in [-0.4, -0.2) is 15.9 Å². The zero-order valence-corrected chi connectivity index (χ0v) is 15.1. The fraction of sp³-hybridized carbons (Fsp3) is 0.105. The highest BCUT2D eigenvalue weighted by atomic mass is 35.5. The zero-order chi connectivity index (χ0) is 20.1. The van der Waals surface area contributed by atoms with Gasteiger partial charge in [-0.3, -0.25) is 9.78 Å². The van der Waals surface area contributed by atoms with Gasteiger partial charge in [-0.1, -0.05) is 17.7 Å². The molecule has 144 valence electrons. The first kappa shape index (κ1) is 19.6. The van der Waals surface area contributed by atoms with Crippen LogP contribution in [-0.2, 0) is 12.7 Å². The van der Waals surface area contributed by atoms with Gasteiger partial charge in [0.25, 0.3) is 5.91 Å². The van der Waals surface area contributed by atoms with Crippen LogP contribution in [0, 0.1) is 0 Å². The number of amides is 1. The second-order valence-corrected chi connectivity index (χ2v) is 6.22. The molecule has 0 bridgehead atoms. The van der Waals surface area contributed by atoms with Gasteiger partial charge < -0.3 is 10.6 Å². The molecule has 0 atom stereocenters. The second kappa shape index (κ2) is 8.26. The Bertz CT molecular complexity index is 980. The Kier molecular flexibility index (Phi) is 5.79. The van der Waals surface area contributed by atoms with Crippen molar-refractivity contribution in [2.75, 3.05) is 5.32 Å². The molecule has 2 aromatic heterocycles. The van der Waals surface area contributed by atoms with E-state index in [1.165, 1.54) is 12.4 Å². The van der Waals surface area contributed by atoms with E-state index in [-0.39, 0.29) is 12.4 Å². The van der Waals surface area contributed by atoms with Gasteiger partial charge in [-0.15, -0.1) is 0 Å². The number of hydrogen-bond donors (Lipinski definition) is 2. The number of nitrogens with one attached hydrogen (secondary N) is 2. The third-order valence-electron chi connectivity index (χ3n) is 3.75. The lowest BCUT2D eigenvalue weighted by Gasteiger charge is -2.15. The first-order valence-electron chi connectivity index (χ1n) is 8.10. The van der Waals surface area contributed by atoms with Crippen molar-refractivity contribution in [3.63, 3.8) is 0 Å². The van der Waals surface area contributed by atoms with Crippen LogP contribution in [0.5, 0.6) is 0 Å². The van der Waals surface area contributed by atoms with Gasteiger partial charge in [0, 0.05) is 35.8 Å². The Morgan fingerprint density at radius 2 is 1.86 bits per heavy atom. The van der Waals surface area contributed by atoms with Crippen molar-refractivity contribution in [2.24, 2.45) is 0 Å². The summed E-state index contributed by atoms with van der Waals surface area (Å²) in [5.41, 5.74) is -0.454. The van der Waals surface area contributed by atoms with Crippen LogP contribution < -0.4 is 10.6 Å². The average molecular weight is 407 g/mol. The van der Waals surface area contributed by atoms with E-state index in [0.29, 0.717) is 16.3 Å². The molecular formula is C19H14ClF3N4O. The van der Waals surface area contributed by atoms with Crippen molar-refractivity contribution < 1.29 is 18.0 Å². The summed E-state index contributed by atoms with van der Waals surface area (Å²) >= 11 is 5.87. The van der Waals surface area contributed by atoms with Gasteiger partial charge in [0.05, 0.1) is 11.1 Å². The maximum Gasteiger partial charge on any atom is 0.417 e. The molecule has 1 amide bonds. The minimum absolute atomic E-state index is 0.0553. The number of alkyl halides is 3. The van der Waals surface area contributed by atoms with Crippen LogP contribution in [0.1, 0.15) is 21.5 Å². The minimum Gasteiger partial charge on any atom is -0.348 e. The third-order valence-corrected chi connectivity index (χ3v) is 3.99. The number of carbonyl (C=O) groups is 1. The molecule has 0 aliphatic carbocycles. The summed E-state index contributed by atoms with van der Waals surface area (Å²) in [5.74, 6) is -0.925. The molecule has 0 saturated carbocycles. The number of hydrogen-bond acceptors (Lipinski definition) is 4. The van der Waals surface area contributed by atoms with E-state index >= 15 is 0 Å². The molecule has 3 rings (SSSR count). The average Bonchev–Trinajstić information content (AvgIpc) is 2.66. The van der Waals surface area contributed by atoms with E-state index in [1.807, 2.05) is 0 Å². The normalized spacial score (nSPS) is 11.1. The maximum atomic E-state index is 13.5. The number of carbonyl (C=O) groups excluding carboxylic acids is 1. The van der Waals surface area contributed by atoms with Crippen LogP contribution in [0.3, 0.4) is 0 Å². The van der Waals surface area contributed by atoms with E-state index in [2.05, 4.69) is 20.6 Å². The van der Waals surface area contributed by atoms with Crippen LogP contribution in [0.4, 0.5) is 24.7 Å². The van der Waals surface area contributed by atoms with Gasteiger partial charge in [0.1, 0.15) is 5.82 Å².